The fourth-order valence-corrected chi connectivity index (χ4v) is 5.04. The van der Waals surface area contributed by atoms with Crippen LogP contribution in [0.1, 0.15) is 5.56 Å². The van der Waals surface area contributed by atoms with Gasteiger partial charge in [0.05, 0.1) is 5.69 Å². The van der Waals surface area contributed by atoms with Crippen LogP contribution >= 0.6 is 0 Å². The Morgan fingerprint density at radius 2 is 1.89 bits per heavy atom. The third-order valence-corrected chi connectivity index (χ3v) is 6.43. The first-order valence-corrected chi connectivity index (χ1v) is 9.87. The molecule has 4 heterocycles. The number of aromatic nitrogens is 3. The Kier molecular flexibility index (Phi) is 3.35. The van der Waals surface area contributed by atoms with Crippen molar-refractivity contribution >= 4 is 5.82 Å². The highest BCUT2D eigenvalue weighted by Gasteiger charge is 2.57. The average molecular weight is 373 g/mol. The van der Waals surface area contributed by atoms with Gasteiger partial charge in [0.25, 0.3) is 0 Å². The van der Waals surface area contributed by atoms with Crippen molar-refractivity contribution in [1.82, 2.24) is 19.7 Å². The molecule has 2 unspecified atom stereocenters. The van der Waals surface area contributed by atoms with Gasteiger partial charge in [0.2, 0.25) is 5.88 Å². The van der Waals surface area contributed by atoms with E-state index in [9.17, 15) is 0 Å². The number of benzene rings is 1. The van der Waals surface area contributed by atoms with Crippen LogP contribution in [0.5, 0.6) is 5.88 Å². The molecular formula is C22H23N5O. The third kappa shape index (κ3) is 2.37. The fourth-order valence-electron chi connectivity index (χ4n) is 5.04. The molecule has 1 aliphatic carbocycles. The minimum Gasteiger partial charge on any atom is -0.472 e. The second-order valence-corrected chi connectivity index (χ2v) is 8.29. The number of piperidine rings is 1. The average Bonchev–Trinajstić information content (AvgIpc) is 3.09. The van der Waals surface area contributed by atoms with E-state index in [0.717, 1.165) is 53.9 Å². The van der Waals surface area contributed by atoms with Gasteiger partial charge in [-0.1, -0.05) is 6.07 Å². The van der Waals surface area contributed by atoms with Crippen LogP contribution in [0.25, 0.3) is 16.8 Å². The number of nitrogens with zero attached hydrogens (tertiary/aromatic N) is 5. The van der Waals surface area contributed by atoms with Crippen LogP contribution in [0.3, 0.4) is 0 Å². The minimum absolute atomic E-state index is 0.544. The molecule has 0 spiro atoms. The van der Waals surface area contributed by atoms with E-state index in [1.165, 1.54) is 11.1 Å². The Morgan fingerprint density at radius 3 is 2.64 bits per heavy atom. The van der Waals surface area contributed by atoms with Crippen LogP contribution in [0, 0.1) is 11.8 Å². The zero-order valence-corrected chi connectivity index (χ0v) is 16.1. The Labute approximate surface area is 164 Å². The molecular weight excluding hydrogens is 350 g/mol. The zero-order valence-electron chi connectivity index (χ0n) is 16.1. The summed E-state index contributed by atoms with van der Waals surface area (Å²) >= 11 is 0. The van der Waals surface area contributed by atoms with Crippen LogP contribution in [0.2, 0.25) is 0 Å². The summed E-state index contributed by atoms with van der Waals surface area (Å²) in [6.07, 6.45) is 3.74. The van der Waals surface area contributed by atoms with Gasteiger partial charge in [0, 0.05) is 37.1 Å². The maximum absolute atomic E-state index is 6.04. The van der Waals surface area contributed by atoms with E-state index in [1.54, 1.807) is 6.20 Å². The summed E-state index contributed by atoms with van der Waals surface area (Å²) in [4.78, 5) is 9.64. The lowest BCUT2D eigenvalue weighted by molar-refractivity contribution is 0.290. The van der Waals surface area contributed by atoms with Crippen molar-refractivity contribution in [1.29, 1.82) is 0 Å². The minimum atomic E-state index is 0.544. The van der Waals surface area contributed by atoms with E-state index in [2.05, 4.69) is 59.3 Å². The van der Waals surface area contributed by atoms with Gasteiger partial charge in [-0.05, 0) is 67.4 Å². The van der Waals surface area contributed by atoms with Crippen molar-refractivity contribution in [3.8, 4) is 22.7 Å². The predicted molar refractivity (Wildman–Crippen MR) is 108 cm³/mol. The number of anilines is 1. The number of fused-ring (bicyclic) bond motifs is 4. The van der Waals surface area contributed by atoms with E-state index in [4.69, 9.17) is 9.72 Å². The molecule has 1 saturated heterocycles. The van der Waals surface area contributed by atoms with E-state index < -0.39 is 0 Å². The van der Waals surface area contributed by atoms with E-state index in [0.29, 0.717) is 6.61 Å². The van der Waals surface area contributed by atoms with Gasteiger partial charge in [0.15, 0.2) is 0 Å². The number of hydrogen-bond donors (Lipinski definition) is 0. The van der Waals surface area contributed by atoms with E-state index in [-0.39, 0.29) is 0 Å². The molecule has 1 aromatic carbocycles. The van der Waals surface area contributed by atoms with Crippen LogP contribution < -0.4 is 9.64 Å². The van der Waals surface area contributed by atoms with Gasteiger partial charge in [-0.3, -0.25) is 0 Å². The first-order valence-electron chi connectivity index (χ1n) is 9.87. The summed E-state index contributed by atoms with van der Waals surface area (Å²) in [6.45, 7) is 2.74. The van der Waals surface area contributed by atoms with E-state index in [1.807, 2.05) is 16.9 Å². The predicted octanol–water partition coefficient (Wildman–Crippen LogP) is 2.82. The molecule has 2 fully saturated rings. The first-order chi connectivity index (χ1) is 13.7. The topological polar surface area (TPSA) is 46.4 Å². The molecule has 3 aromatic rings. The SMILES string of the molecule is CN(C)C1C2CN(c3ccc4c(n3)OCc3cc(-n5cccn5)ccc3-4)CC21. The van der Waals surface area contributed by atoms with Gasteiger partial charge in [0.1, 0.15) is 12.4 Å². The monoisotopic (exact) mass is 373 g/mol. The summed E-state index contributed by atoms with van der Waals surface area (Å²) in [7, 11) is 4.38. The second kappa shape index (κ2) is 5.82. The molecule has 0 amide bonds. The van der Waals surface area contributed by atoms with Crippen LogP contribution in [0.4, 0.5) is 5.82 Å². The van der Waals surface area contributed by atoms with Crippen molar-refractivity contribution in [2.75, 3.05) is 32.1 Å². The zero-order chi connectivity index (χ0) is 18.8. The van der Waals surface area contributed by atoms with Gasteiger partial charge < -0.3 is 14.5 Å². The van der Waals surface area contributed by atoms with Gasteiger partial charge in [-0.25, -0.2) is 4.68 Å². The molecule has 142 valence electrons. The van der Waals surface area contributed by atoms with Crippen molar-refractivity contribution in [2.45, 2.75) is 12.6 Å². The van der Waals surface area contributed by atoms with Crippen molar-refractivity contribution in [2.24, 2.45) is 11.8 Å². The van der Waals surface area contributed by atoms with E-state index >= 15 is 0 Å². The van der Waals surface area contributed by atoms with Crippen molar-refractivity contribution in [3.05, 3.63) is 54.4 Å². The highest BCUT2D eigenvalue weighted by molar-refractivity contribution is 5.75. The Morgan fingerprint density at radius 1 is 1.07 bits per heavy atom. The molecule has 1 saturated carbocycles. The van der Waals surface area contributed by atoms with Crippen LogP contribution in [-0.2, 0) is 6.61 Å². The highest BCUT2D eigenvalue weighted by Crippen LogP contribution is 2.49. The Balaban J connectivity index is 1.27. The quantitative estimate of drug-likeness (QED) is 0.707. The summed E-state index contributed by atoms with van der Waals surface area (Å²) in [5.41, 5.74) is 4.50. The molecule has 2 aromatic heterocycles. The van der Waals surface area contributed by atoms with Crippen LogP contribution in [-0.4, -0.2) is 52.9 Å². The largest absolute Gasteiger partial charge is 0.472 e. The molecule has 6 nitrogen and oxygen atoms in total. The molecule has 28 heavy (non-hydrogen) atoms. The standard InChI is InChI=1S/C22H23N5O/c1-25(2)21-18-11-26(12-19(18)21)20-7-6-17-16-5-4-15(27-9-3-8-23-27)10-14(16)13-28-22(17)24-20/h3-10,18-19,21H,11-13H2,1-2H3. The molecule has 6 heteroatoms. The van der Waals surface area contributed by atoms with Gasteiger partial charge in [-0.2, -0.15) is 10.1 Å². The first kappa shape index (κ1) is 16.1. The number of rotatable bonds is 3. The van der Waals surface area contributed by atoms with Gasteiger partial charge in [-0.15, -0.1) is 0 Å². The summed E-state index contributed by atoms with van der Waals surface area (Å²) in [5, 5.41) is 4.32. The molecule has 6 rings (SSSR count). The molecule has 2 aliphatic heterocycles. The maximum atomic E-state index is 6.04. The highest BCUT2D eigenvalue weighted by atomic mass is 16.5. The normalized spacial score (nSPS) is 24.5. The fraction of sp³-hybridized carbons (Fsp3) is 0.364. The Bertz CT molecular complexity index is 1030. The number of hydrogen-bond acceptors (Lipinski definition) is 5. The molecule has 3 aliphatic rings. The second-order valence-electron chi connectivity index (χ2n) is 8.29. The third-order valence-electron chi connectivity index (χ3n) is 6.43. The smallest absolute Gasteiger partial charge is 0.223 e. The summed E-state index contributed by atoms with van der Waals surface area (Å²) < 4.78 is 7.92. The van der Waals surface area contributed by atoms with Gasteiger partial charge >= 0.3 is 0 Å². The van der Waals surface area contributed by atoms with Crippen molar-refractivity contribution in [3.63, 3.8) is 0 Å². The lowest BCUT2D eigenvalue weighted by atomic mass is 9.98. The van der Waals surface area contributed by atoms with Crippen LogP contribution in [0.15, 0.2) is 48.8 Å². The number of pyridine rings is 1. The molecule has 0 radical (unpaired) electrons. The summed E-state index contributed by atoms with van der Waals surface area (Å²) in [5.74, 6) is 3.37. The Hall–Kier alpha value is -2.86. The molecule has 0 bridgehead atoms. The number of ether oxygens (including phenoxy) is 1. The lowest BCUT2D eigenvalue weighted by Gasteiger charge is -2.26. The maximum Gasteiger partial charge on any atom is 0.223 e. The summed E-state index contributed by atoms with van der Waals surface area (Å²) in [6, 6.07) is 13.4. The molecule has 0 N–H and O–H groups in total. The molecule has 2 atom stereocenters. The lowest BCUT2D eigenvalue weighted by Crippen LogP contribution is -2.31. The van der Waals surface area contributed by atoms with Crippen molar-refractivity contribution < 1.29 is 4.74 Å².